The minimum atomic E-state index is -1.05. The molecule has 2 heterocycles. The molecule has 1 saturated heterocycles. The van der Waals surface area contributed by atoms with Gasteiger partial charge < -0.3 is 34.4 Å². The molecule has 2 amide bonds. The van der Waals surface area contributed by atoms with Gasteiger partial charge in [0, 0.05) is 43.4 Å². The van der Waals surface area contributed by atoms with Crippen LogP contribution in [0, 0.1) is 0 Å². The number of carbonyl (C=O) groups excluding carboxylic acids is 3. The van der Waals surface area contributed by atoms with E-state index in [1.807, 2.05) is 27.7 Å². The van der Waals surface area contributed by atoms with Gasteiger partial charge in [-0.15, -0.1) is 0 Å². The summed E-state index contributed by atoms with van der Waals surface area (Å²) in [5.74, 6) is -0.563. The average Bonchev–Trinajstić information content (AvgIpc) is 3.66. The normalized spacial score (nSPS) is 15.8. The van der Waals surface area contributed by atoms with Crippen LogP contribution in [-0.2, 0) is 21.5 Å². The molecule has 0 aromatic heterocycles. The van der Waals surface area contributed by atoms with Gasteiger partial charge in [-0.3, -0.25) is 9.59 Å². The fourth-order valence-corrected chi connectivity index (χ4v) is 5.76. The van der Waals surface area contributed by atoms with Gasteiger partial charge in [0.25, 0.3) is 5.91 Å². The van der Waals surface area contributed by atoms with Gasteiger partial charge in [-0.25, -0.2) is 9.59 Å². The van der Waals surface area contributed by atoms with Gasteiger partial charge in [-0.2, -0.15) is 4.99 Å². The smallest absolute Gasteiger partial charge is 0.435 e. The number of methoxy groups -OCH3 is 1. The highest BCUT2D eigenvalue weighted by atomic mass is 16.5. The molecule has 0 radical (unpaired) electrons. The molecule has 0 saturated carbocycles. The van der Waals surface area contributed by atoms with Gasteiger partial charge >= 0.3 is 12.1 Å². The quantitative estimate of drug-likeness (QED) is 0.330. The molecule has 1 unspecified atom stereocenters. The summed E-state index contributed by atoms with van der Waals surface area (Å²) in [4.78, 5) is 59.2. The van der Waals surface area contributed by atoms with E-state index in [4.69, 9.17) is 14.2 Å². The number of hydrogen-bond acceptors (Lipinski definition) is 8. The molecule has 0 spiro atoms. The summed E-state index contributed by atoms with van der Waals surface area (Å²) in [7, 11) is 2.74. The van der Waals surface area contributed by atoms with E-state index in [1.165, 1.54) is 14.2 Å². The molecule has 2 N–H and O–H groups in total. The van der Waals surface area contributed by atoms with E-state index in [1.54, 1.807) is 36.1 Å². The Morgan fingerprint density at radius 1 is 1.07 bits per heavy atom. The SMILES string of the molecule is CCOc1cc2c(cc1C(=O)NC)/C(=N/C(=O)OC)N(CC(=O)c1cc(N3CCCC3)c(OC(CC)C(=O)O)c(C(C)(C)C)c1)C2. The highest BCUT2D eigenvalue weighted by molar-refractivity contribution is 6.11. The van der Waals surface area contributed by atoms with E-state index in [0.717, 1.165) is 37.1 Å². The number of carboxylic acid groups (broad SMARTS) is 1. The minimum Gasteiger partial charge on any atom is -0.493 e. The van der Waals surface area contributed by atoms with Gasteiger partial charge in [-0.1, -0.05) is 27.7 Å². The monoisotopic (exact) mass is 636 g/mol. The molecule has 2 aromatic carbocycles. The van der Waals surface area contributed by atoms with E-state index in [9.17, 15) is 24.3 Å². The van der Waals surface area contributed by atoms with E-state index in [0.29, 0.717) is 34.9 Å². The summed E-state index contributed by atoms with van der Waals surface area (Å²) in [6.07, 6.45) is 0.348. The number of nitrogens with zero attached hydrogens (tertiary/aromatic N) is 3. The Morgan fingerprint density at radius 3 is 2.33 bits per heavy atom. The molecule has 1 atom stereocenters. The summed E-state index contributed by atoms with van der Waals surface area (Å²) in [5, 5.41) is 12.4. The number of amides is 2. The first kappa shape index (κ1) is 34.3. The molecule has 2 aromatic rings. The van der Waals surface area contributed by atoms with Crippen molar-refractivity contribution in [3.63, 3.8) is 0 Å². The van der Waals surface area contributed by atoms with Crippen molar-refractivity contribution in [2.75, 3.05) is 45.3 Å². The summed E-state index contributed by atoms with van der Waals surface area (Å²) >= 11 is 0. The number of aliphatic carboxylic acids is 1. The first-order chi connectivity index (χ1) is 21.8. The number of amidine groups is 1. The molecular weight excluding hydrogens is 592 g/mol. The number of carboxylic acids is 1. The highest BCUT2D eigenvalue weighted by Crippen LogP contribution is 2.42. The Labute approximate surface area is 269 Å². The molecular formula is C34H44N4O8. The Kier molecular flexibility index (Phi) is 10.6. The summed E-state index contributed by atoms with van der Waals surface area (Å²) in [5.41, 5.74) is 2.91. The second-order valence-electron chi connectivity index (χ2n) is 12.4. The number of carbonyl (C=O) groups is 4. The van der Waals surface area contributed by atoms with Crippen molar-refractivity contribution in [3.8, 4) is 11.5 Å². The molecule has 2 aliphatic heterocycles. The lowest BCUT2D eigenvalue weighted by Gasteiger charge is -2.31. The van der Waals surface area contributed by atoms with E-state index < -0.39 is 23.6 Å². The zero-order valence-electron chi connectivity index (χ0n) is 27.7. The first-order valence-corrected chi connectivity index (χ1v) is 15.6. The van der Waals surface area contributed by atoms with Gasteiger partial charge in [0.2, 0.25) is 0 Å². The molecule has 12 nitrogen and oxygen atoms in total. The third kappa shape index (κ3) is 7.27. The fraction of sp³-hybridized carbons (Fsp3) is 0.500. The van der Waals surface area contributed by atoms with Crippen LogP contribution < -0.4 is 19.7 Å². The molecule has 0 aliphatic carbocycles. The third-order valence-corrected chi connectivity index (χ3v) is 8.14. The van der Waals surface area contributed by atoms with Crippen LogP contribution >= 0.6 is 0 Å². The van der Waals surface area contributed by atoms with E-state index in [-0.39, 0.29) is 42.6 Å². The highest BCUT2D eigenvalue weighted by Gasteiger charge is 2.34. The average molecular weight is 637 g/mol. The number of nitrogens with one attached hydrogen (secondary N) is 1. The topological polar surface area (TPSA) is 147 Å². The van der Waals surface area contributed by atoms with Gasteiger partial charge in [0.05, 0.1) is 31.5 Å². The predicted molar refractivity (Wildman–Crippen MR) is 174 cm³/mol. The molecule has 0 bridgehead atoms. The largest absolute Gasteiger partial charge is 0.493 e. The molecule has 248 valence electrons. The number of ether oxygens (including phenoxy) is 3. The second kappa shape index (κ2) is 14.2. The van der Waals surface area contributed by atoms with Gasteiger partial charge in [0.15, 0.2) is 11.9 Å². The lowest BCUT2D eigenvalue weighted by molar-refractivity contribution is -0.145. The number of Topliss-reactive ketones (excluding diaryl/α,β-unsaturated/α-hetero) is 1. The standard InChI is InChI=1S/C34H44N4O8/c1-8-27(32(41)42)46-29-24(34(3,4)5)14-20(15-25(29)37-12-10-11-13-37)26(39)19-38-18-21-16-28(45-9-2)23(31(40)35-6)17-22(21)30(38)36-33(43)44-7/h14-17,27H,8-13,18-19H2,1-7H3,(H,35,40)(H,41,42)/b36-30-. The van der Waals surface area contributed by atoms with Crippen LogP contribution in [0.5, 0.6) is 11.5 Å². The lowest BCUT2D eigenvalue weighted by atomic mass is 9.84. The molecule has 1 fully saturated rings. The zero-order valence-corrected chi connectivity index (χ0v) is 27.7. The van der Waals surface area contributed by atoms with Crippen LogP contribution in [0.3, 0.4) is 0 Å². The van der Waals surface area contributed by atoms with Crippen molar-refractivity contribution >= 4 is 35.3 Å². The van der Waals surface area contributed by atoms with Crippen LogP contribution in [0.2, 0.25) is 0 Å². The van der Waals surface area contributed by atoms with Crippen LogP contribution in [0.4, 0.5) is 10.5 Å². The van der Waals surface area contributed by atoms with Crippen molar-refractivity contribution < 1.29 is 38.5 Å². The van der Waals surface area contributed by atoms with Crippen molar-refractivity contribution in [1.29, 1.82) is 0 Å². The maximum absolute atomic E-state index is 14.1. The number of fused-ring (bicyclic) bond motifs is 1. The van der Waals surface area contributed by atoms with E-state index >= 15 is 0 Å². The fourth-order valence-electron chi connectivity index (χ4n) is 5.76. The molecule has 4 rings (SSSR count). The number of aliphatic imine (C=N–C) groups is 1. The minimum absolute atomic E-state index is 0.125. The first-order valence-electron chi connectivity index (χ1n) is 15.6. The Balaban J connectivity index is 1.79. The Bertz CT molecular complexity index is 1540. The number of benzene rings is 2. The molecule has 12 heteroatoms. The maximum Gasteiger partial charge on any atom is 0.435 e. The third-order valence-electron chi connectivity index (χ3n) is 8.14. The summed E-state index contributed by atoms with van der Waals surface area (Å²) < 4.78 is 16.8. The van der Waals surface area contributed by atoms with Gasteiger partial charge in [0.1, 0.15) is 17.3 Å². The Hall–Kier alpha value is -4.61. The van der Waals surface area contributed by atoms with Crippen molar-refractivity contribution in [1.82, 2.24) is 10.2 Å². The molecule has 2 aliphatic rings. The van der Waals surface area contributed by atoms with Crippen LogP contribution in [-0.4, -0.2) is 86.1 Å². The van der Waals surface area contributed by atoms with Crippen molar-refractivity contribution in [2.24, 2.45) is 4.99 Å². The molecule has 46 heavy (non-hydrogen) atoms. The number of anilines is 1. The lowest BCUT2D eigenvalue weighted by Crippen LogP contribution is -2.32. The van der Waals surface area contributed by atoms with Crippen LogP contribution in [0.15, 0.2) is 29.3 Å². The van der Waals surface area contributed by atoms with Crippen molar-refractivity contribution in [2.45, 2.75) is 71.9 Å². The van der Waals surface area contributed by atoms with Crippen LogP contribution in [0.1, 0.15) is 91.3 Å². The van der Waals surface area contributed by atoms with Crippen molar-refractivity contribution in [3.05, 3.63) is 52.1 Å². The maximum atomic E-state index is 14.1. The van der Waals surface area contributed by atoms with E-state index in [2.05, 4.69) is 15.2 Å². The zero-order chi connectivity index (χ0) is 33.8. The second-order valence-corrected chi connectivity index (χ2v) is 12.4. The number of ketones is 1. The number of hydrogen-bond donors (Lipinski definition) is 2. The summed E-state index contributed by atoms with van der Waals surface area (Å²) in [6, 6.07) is 6.92. The predicted octanol–water partition coefficient (Wildman–Crippen LogP) is 4.80. The van der Waals surface area contributed by atoms with Gasteiger partial charge in [-0.05, 0) is 61.4 Å². The summed E-state index contributed by atoms with van der Waals surface area (Å²) in [6.45, 7) is 11.6. The number of rotatable bonds is 11. The Morgan fingerprint density at radius 2 is 1.76 bits per heavy atom. The van der Waals surface area contributed by atoms with Crippen LogP contribution in [0.25, 0.3) is 0 Å².